The van der Waals surface area contributed by atoms with Crippen LogP contribution in [0.5, 0.6) is 11.5 Å². The normalized spacial score (nSPS) is 13.1. The van der Waals surface area contributed by atoms with Crippen molar-refractivity contribution < 1.29 is 19.1 Å². The van der Waals surface area contributed by atoms with Crippen molar-refractivity contribution in [3.63, 3.8) is 0 Å². The summed E-state index contributed by atoms with van der Waals surface area (Å²) in [6, 6.07) is 13.6. The SMILES string of the molecule is COc1ccc2c(c1)c1c3c(c4c5cc(OC)ccc5n(CCC#N)c4c1n2C)C(=O)NC3=O. The second-order valence-electron chi connectivity index (χ2n) is 8.37. The highest BCUT2D eigenvalue weighted by atomic mass is 16.5. The number of carbonyl (C=O) groups excluding carboxylic acids is 2. The number of hydrogen-bond donors (Lipinski definition) is 1. The number of fused-ring (bicyclic) bond motifs is 10. The summed E-state index contributed by atoms with van der Waals surface area (Å²) < 4.78 is 15.0. The van der Waals surface area contributed by atoms with Gasteiger partial charge >= 0.3 is 0 Å². The Kier molecular flexibility index (Phi) is 4.14. The third-order valence-corrected chi connectivity index (χ3v) is 6.78. The van der Waals surface area contributed by atoms with Crippen LogP contribution in [0, 0.1) is 11.3 Å². The highest BCUT2D eigenvalue weighted by molar-refractivity contribution is 6.39. The molecule has 3 aromatic carbocycles. The average molecular weight is 452 g/mol. The number of methoxy groups -OCH3 is 2. The number of nitrogens with zero attached hydrogens (tertiary/aromatic N) is 3. The Hall–Kier alpha value is -4.51. The van der Waals surface area contributed by atoms with Crippen LogP contribution in [0.1, 0.15) is 27.1 Å². The lowest BCUT2D eigenvalue weighted by Crippen LogP contribution is -2.20. The van der Waals surface area contributed by atoms with Gasteiger partial charge in [-0.05, 0) is 36.4 Å². The summed E-state index contributed by atoms with van der Waals surface area (Å²) in [5.41, 5.74) is 4.15. The van der Waals surface area contributed by atoms with Gasteiger partial charge in [0.05, 0.1) is 48.9 Å². The van der Waals surface area contributed by atoms with Gasteiger partial charge in [-0.1, -0.05) is 0 Å². The van der Waals surface area contributed by atoms with E-state index >= 15 is 0 Å². The minimum atomic E-state index is -0.422. The maximum Gasteiger partial charge on any atom is 0.259 e. The van der Waals surface area contributed by atoms with Gasteiger partial charge in [0.15, 0.2) is 0 Å². The summed E-state index contributed by atoms with van der Waals surface area (Å²) in [5, 5.41) is 14.9. The molecule has 5 aromatic rings. The largest absolute Gasteiger partial charge is 0.497 e. The number of imide groups is 1. The third-order valence-electron chi connectivity index (χ3n) is 6.78. The summed E-state index contributed by atoms with van der Waals surface area (Å²) in [6.45, 7) is 0.442. The first-order chi connectivity index (χ1) is 16.5. The number of rotatable bonds is 4. The molecule has 2 aromatic heterocycles. The molecule has 3 heterocycles. The van der Waals surface area contributed by atoms with Crippen molar-refractivity contribution in [2.45, 2.75) is 13.0 Å². The number of hydrogen-bond acceptors (Lipinski definition) is 5. The van der Waals surface area contributed by atoms with E-state index in [9.17, 15) is 14.9 Å². The summed E-state index contributed by atoms with van der Waals surface area (Å²) in [7, 11) is 5.13. The number of nitriles is 1. The van der Waals surface area contributed by atoms with E-state index in [-0.39, 0.29) is 0 Å². The van der Waals surface area contributed by atoms with E-state index in [0.29, 0.717) is 46.4 Å². The number of aryl methyl sites for hydroxylation is 2. The number of ether oxygens (including phenoxy) is 2. The predicted octanol–water partition coefficient (Wildman–Crippen LogP) is 4.25. The van der Waals surface area contributed by atoms with Gasteiger partial charge in [0.1, 0.15) is 11.5 Å². The molecule has 0 aliphatic carbocycles. The van der Waals surface area contributed by atoms with E-state index in [1.807, 2.05) is 48.0 Å². The van der Waals surface area contributed by atoms with E-state index in [1.54, 1.807) is 14.2 Å². The molecule has 0 saturated carbocycles. The second-order valence-corrected chi connectivity index (χ2v) is 8.37. The number of carbonyl (C=O) groups is 2. The Morgan fingerprint density at radius 1 is 0.882 bits per heavy atom. The molecule has 0 bridgehead atoms. The van der Waals surface area contributed by atoms with Crippen molar-refractivity contribution in [1.29, 1.82) is 5.26 Å². The minimum absolute atomic E-state index is 0.298. The predicted molar refractivity (Wildman–Crippen MR) is 129 cm³/mol. The second kappa shape index (κ2) is 6.99. The van der Waals surface area contributed by atoms with Crippen LogP contribution >= 0.6 is 0 Å². The zero-order valence-electron chi connectivity index (χ0n) is 18.9. The van der Waals surface area contributed by atoms with Crippen LogP contribution in [-0.4, -0.2) is 35.2 Å². The summed E-state index contributed by atoms with van der Waals surface area (Å²) in [4.78, 5) is 26.3. The van der Waals surface area contributed by atoms with E-state index in [4.69, 9.17) is 9.47 Å². The minimum Gasteiger partial charge on any atom is -0.497 e. The smallest absolute Gasteiger partial charge is 0.259 e. The quantitative estimate of drug-likeness (QED) is 0.411. The van der Waals surface area contributed by atoms with Crippen LogP contribution in [0.2, 0.25) is 0 Å². The van der Waals surface area contributed by atoms with Crippen LogP contribution in [-0.2, 0) is 13.6 Å². The highest BCUT2D eigenvalue weighted by Crippen LogP contribution is 2.45. The van der Waals surface area contributed by atoms with Crippen LogP contribution in [0.3, 0.4) is 0 Å². The molecule has 0 fully saturated rings. The molecule has 1 N–H and O–H groups in total. The zero-order valence-corrected chi connectivity index (χ0v) is 18.9. The van der Waals surface area contributed by atoms with Crippen molar-refractivity contribution in [3.8, 4) is 17.6 Å². The first kappa shape index (κ1) is 20.1. The fourth-order valence-electron chi connectivity index (χ4n) is 5.37. The standard InChI is InChI=1S/C26H20N4O4/c1-29-17-7-5-13(33-2)11-15(17)19-21-22(26(32)28-25(21)31)20-16-12-14(34-3)6-8-18(16)30(10-4-9-27)24(20)23(19)29/h5-8,11-12H,4,10H2,1-3H3,(H,28,31,32). The Balaban J connectivity index is 1.96. The van der Waals surface area contributed by atoms with E-state index < -0.39 is 11.8 Å². The molecule has 0 saturated heterocycles. The van der Waals surface area contributed by atoms with Gasteiger partial charge < -0.3 is 18.6 Å². The average Bonchev–Trinajstić information content (AvgIpc) is 3.43. The van der Waals surface area contributed by atoms with Gasteiger partial charge in [-0.25, -0.2) is 0 Å². The lowest BCUT2D eigenvalue weighted by molar-refractivity contribution is 0.0880. The molecule has 6 rings (SSSR count). The van der Waals surface area contributed by atoms with Crippen molar-refractivity contribution in [1.82, 2.24) is 14.5 Å². The first-order valence-electron chi connectivity index (χ1n) is 10.8. The monoisotopic (exact) mass is 452 g/mol. The zero-order chi connectivity index (χ0) is 23.7. The molecular formula is C26H20N4O4. The summed E-state index contributed by atoms with van der Waals surface area (Å²) >= 11 is 0. The topological polar surface area (TPSA) is 98.3 Å². The maximum atomic E-state index is 13.2. The van der Waals surface area contributed by atoms with E-state index in [1.165, 1.54) is 0 Å². The van der Waals surface area contributed by atoms with Crippen molar-refractivity contribution in [3.05, 3.63) is 47.5 Å². The molecule has 0 radical (unpaired) electrons. The highest BCUT2D eigenvalue weighted by Gasteiger charge is 2.36. The molecule has 1 aliphatic heterocycles. The molecule has 2 amide bonds. The van der Waals surface area contributed by atoms with E-state index in [2.05, 4.69) is 16.0 Å². The van der Waals surface area contributed by atoms with Crippen molar-refractivity contribution in [2.75, 3.05) is 14.2 Å². The first-order valence-corrected chi connectivity index (χ1v) is 10.8. The van der Waals surface area contributed by atoms with Crippen LogP contribution < -0.4 is 14.8 Å². The van der Waals surface area contributed by atoms with Crippen molar-refractivity contribution in [2.24, 2.45) is 7.05 Å². The lowest BCUT2D eigenvalue weighted by atomic mass is 9.96. The molecule has 34 heavy (non-hydrogen) atoms. The molecule has 8 heteroatoms. The Morgan fingerprint density at radius 2 is 1.44 bits per heavy atom. The Bertz CT molecular complexity index is 1770. The lowest BCUT2D eigenvalue weighted by Gasteiger charge is -2.09. The van der Waals surface area contributed by atoms with Crippen LogP contribution in [0.4, 0.5) is 0 Å². The molecular weight excluding hydrogens is 432 g/mol. The fourth-order valence-corrected chi connectivity index (χ4v) is 5.37. The maximum absolute atomic E-state index is 13.2. The molecule has 0 unspecified atom stereocenters. The van der Waals surface area contributed by atoms with Gasteiger partial charge in [0, 0.05) is 46.2 Å². The fraction of sp³-hybridized carbons (Fsp3) is 0.192. The Labute approximate surface area is 193 Å². The third kappa shape index (κ3) is 2.41. The summed E-state index contributed by atoms with van der Waals surface area (Å²) in [5.74, 6) is 0.470. The Morgan fingerprint density at radius 3 is 2.03 bits per heavy atom. The van der Waals surface area contributed by atoms with Gasteiger partial charge in [0.2, 0.25) is 0 Å². The van der Waals surface area contributed by atoms with Gasteiger partial charge in [-0.2, -0.15) is 5.26 Å². The number of aromatic nitrogens is 2. The number of nitrogens with one attached hydrogen (secondary N) is 1. The van der Waals surface area contributed by atoms with Crippen LogP contribution in [0.25, 0.3) is 43.6 Å². The van der Waals surface area contributed by atoms with E-state index in [0.717, 1.165) is 32.8 Å². The number of benzene rings is 3. The van der Waals surface area contributed by atoms with Gasteiger partial charge in [0.25, 0.3) is 11.8 Å². The molecule has 0 atom stereocenters. The van der Waals surface area contributed by atoms with Gasteiger partial charge in [-0.15, -0.1) is 0 Å². The molecule has 1 aliphatic rings. The van der Waals surface area contributed by atoms with Gasteiger partial charge in [-0.3, -0.25) is 14.9 Å². The molecule has 8 nitrogen and oxygen atoms in total. The summed E-state index contributed by atoms with van der Waals surface area (Å²) in [6.07, 6.45) is 0.298. The van der Waals surface area contributed by atoms with Crippen molar-refractivity contribution >= 4 is 55.4 Å². The number of amides is 2. The molecule has 0 spiro atoms. The molecule has 168 valence electrons. The van der Waals surface area contributed by atoms with Crippen LogP contribution in [0.15, 0.2) is 36.4 Å².